The van der Waals surface area contributed by atoms with Crippen molar-refractivity contribution in [3.63, 3.8) is 0 Å². The van der Waals surface area contributed by atoms with Crippen molar-refractivity contribution in [2.24, 2.45) is 0 Å². The minimum atomic E-state index is -1.09. The summed E-state index contributed by atoms with van der Waals surface area (Å²) in [5.74, 6) is 0.211. The molecule has 1 aromatic heterocycles. The standard InChI is InChI=1S/C14H13NO4/c1-2-18-11-7-3-4-8-12(11)19-13-9-5-6-10(15-13)14(16)17/h3-9H,2H2,1H3,(H,16,17). The van der Waals surface area contributed by atoms with E-state index in [1.807, 2.05) is 13.0 Å². The quantitative estimate of drug-likeness (QED) is 0.893. The lowest BCUT2D eigenvalue weighted by molar-refractivity contribution is 0.0689. The van der Waals surface area contributed by atoms with Gasteiger partial charge in [-0.3, -0.25) is 0 Å². The zero-order valence-electron chi connectivity index (χ0n) is 10.4. The minimum absolute atomic E-state index is 0.0635. The van der Waals surface area contributed by atoms with E-state index in [-0.39, 0.29) is 11.6 Å². The Bertz CT molecular complexity index is 583. The maximum atomic E-state index is 10.8. The highest BCUT2D eigenvalue weighted by molar-refractivity contribution is 5.85. The summed E-state index contributed by atoms with van der Waals surface area (Å²) in [6.45, 7) is 2.39. The van der Waals surface area contributed by atoms with Crippen molar-refractivity contribution in [2.45, 2.75) is 6.92 Å². The lowest BCUT2D eigenvalue weighted by Gasteiger charge is -2.10. The van der Waals surface area contributed by atoms with Crippen molar-refractivity contribution >= 4 is 5.97 Å². The SMILES string of the molecule is CCOc1ccccc1Oc1cccc(C(=O)O)n1. The van der Waals surface area contributed by atoms with Crippen molar-refractivity contribution in [3.8, 4) is 17.4 Å². The molecular formula is C14H13NO4. The highest BCUT2D eigenvalue weighted by atomic mass is 16.5. The van der Waals surface area contributed by atoms with Crippen LogP contribution in [0.3, 0.4) is 0 Å². The largest absolute Gasteiger partial charge is 0.490 e. The van der Waals surface area contributed by atoms with Crippen molar-refractivity contribution in [3.05, 3.63) is 48.2 Å². The van der Waals surface area contributed by atoms with Crippen LogP contribution in [0.2, 0.25) is 0 Å². The van der Waals surface area contributed by atoms with Gasteiger partial charge in [-0.15, -0.1) is 0 Å². The molecule has 1 aromatic carbocycles. The minimum Gasteiger partial charge on any atom is -0.490 e. The normalized spacial score (nSPS) is 9.95. The fourth-order valence-electron chi connectivity index (χ4n) is 1.51. The van der Waals surface area contributed by atoms with E-state index in [1.165, 1.54) is 6.07 Å². The summed E-state index contributed by atoms with van der Waals surface area (Å²) in [6, 6.07) is 11.7. The van der Waals surface area contributed by atoms with Gasteiger partial charge in [-0.05, 0) is 25.1 Å². The summed E-state index contributed by atoms with van der Waals surface area (Å²) in [4.78, 5) is 14.7. The molecule has 2 rings (SSSR count). The molecule has 0 unspecified atom stereocenters. The molecule has 1 heterocycles. The van der Waals surface area contributed by atoms with Crippen LogP contribution < -0.4 is 9.47 Å². The zero-order chi connectivity index (χ0) is 13.7. The summed E-state index contributed by atoms with van der Waals surface area (Å²) < 4.78 is 11.0. The van der Waals surface area contributed by atoms with E-state index in [0.717, 1.165) is 0 Å². The molecule has 2 aromatic rings. The average molecular weight is 259 g/mol. The number of nitrogens with zero attached hydrogens (tertiary/aromatic N) is 1. The molecule has 1 N–H and O–H groups in total. The van der Waals surface area contributed by atoms with Gasteiger partial charge in [0.15, 0.2) is 17.2 Å². The number of rotatable bonds is 5. The molecule has 0 bridgehead atoms. The molecule has 0 atom stereocenters. The predicted octanol–water partition coefficient (Wildman–Crippen LogP) is 2.97. The van der Waals surface area contributed by atoms with Crippen LogP contribution in [0.15, 0.2) is 42.5 Å². The van der Waals surface area contributed by atoms with Crippen LogP contribution in [0.1, 0.15) is 17.4 Å². The molecule has 5 heteroatoms. The van der Waals surface area contributed by atoms with E-state index >= 15 is 0 Å². The van der Waals surface area contributed by atoms with E-state index in [4.69, 9.17) is 14.6 Å². The van der Waals surface area contributed by atoms with E-state index in [1.54, 1.807) is 30.3 Å². The Morgan fingerprint density at radius 2 is 1.89 bits per heavy atom. The first-order valence-corrected chi connectivity index (χ1v) is 5.80. The van der Waals surface area contributed by atoms with Crippen LogP contribution in [0, 0.1) is 0 Å². The Morgan fingerprint density at radius 3 is 2.58 bits per heavy atom. The van der Waals surface area contributed by atoms with E-state index in [9.17, 15) is 4.79 Å². The third-order valence-corrected chi connectivity index (χ3v) is 2.31. The maximum Gasteiger partial charge on any atom is 0.354 e. The van der Waals surface area contributed by atoms with Gasteiger partial charge in [0.25, 0.3) is 0 Å². The maximum absolute atomic E-state index is 10.8. The number of hydrogen-bond acceptors (Lipinski definition) is 4. The van der Waals surface area contributed by atoms with Crippen molar-refractivity contribution in [1.82, 2.24) is 4.98 Å². The number of carboxylic acids is 1. The van der Waals surface area contributed by atoms with E-state index in [2.05, 4.69) is 4.98 Å². The molecule has 5 nitrogen and oxygen atoms in total. The number of aromatic carboxylic acids is 1. The highest BCUT2D eigenvalue weighted by Crippen LogP contribution is 2.30. The second kappa shape index (κ2) is 5.86. The van der Waals surface area contributed by atoms with Gasteiger partial charge >= 0.3 is 5.97 Å². The van der Waals surface area contributed by atoms with Crippen molar-refractivity contribution in [1.29, 1.82) is 0 Å². The van der Waals surface area contributed by atoms with Gasteiger partial charge in [0.1, 0.15) is 0 Å². The molecule has 0 saturated heterocycles. The van der Waals surface area contributed by atoms with Gasteiger partial charge in [-0.1, -0.05) is 18.2 Å². The Morgan fingerprint density at radius 1 is 1.16 bits per heavy atom. The Kier molecular flexibility index (Phi) is 3.97. The number of carbonyl (C=O) groups is 1. The summed E-state index contributed by atoms with van der Waals surface area (Å²) in [5, 5.41) is 8.87. The third-order valence-electron chi connectivity index (χ3n) is 2.31. The number of ether oxygens (including phenoxy) is 2. The van der Waals surface area contributed by atoms with Crippen LogP contribution in [0.5, 0.6) is 17.4 Å². The molecule has 19 heavy (non-hydrogen) atoms. The molecule has 0 amide bonds. The zero-order valence-corrected chi connectivity index (χ0v) is 10.4. The second-order valence-electron chi connectivity index (χ2n) is 3.65. The Labute approximate surface area is 110 Å². The third kappa shape index (κ3) is 3.22. The molecule has 98 valence electrons. The lowest BCUT2D eigenvalue weighted by Crippen LogP contribution is -2.01. The molecular weight excluding hydrogens is 246 g/mol. The molecule has 0 saturated carbocycles. The number of hydrogen-bond donors (Lipinski definition) is 1. The number of para-hydroxylation sites is 2. The number of carboxylic acid groups (broad SMARTS) is 1. The van der Waals surface area contributed by atoms with Crippen LogP contribution in [0.25, 0.3) is 0 Å². The van der Waals surface area contributed by atoms with Gasteiger partial charge in [-0.25, -0.2) is 9.78 Å². The van der Waals surface area contributed by atoms with Crippen LogP contribution in [0.4, 0.5) is 0 Å². The second-order valence-corrected chi connectivity index (χ2v) is 3.65. The molecule has 0 radical (unpaired) electrons. The monoisotopic (exact) mass is 259 g/mol. The van der Waals surface area contributed by atoms with E-state index in [0.29, 0.717) is 18.1 Å². The molecule has 0 spiro atoms. The molecule has 0 aliphatic rings. The van der Waals surface area contributed by atoms with Gasteiger partial charge in [-0.2, -0.15) is 0 Å². The van der Waals surface area contributed by atoms with Crippen molar-refractivity contribution in [2.75, 3.05) is 6.61 Å². The Hall–Kier alpha value is -2.56. The molecule has 0 fully saturated rings. The van der Waals surface area contributed by atoms with E-state index < -0.39 is 5.97 Å². The molecule has 0 aliphatic heterocycles. The summed E-state index contributed by atoms with van der Waals surface area (Å²) in [6.07, 6.45) is 0. The summed E-state index contributed by atoms with van der Waals surface area (Å²) in [5.41, 5.74) is -0.0635. The van der Waals surface area contributed by atoms with Crippen LogP contribution in [-0.2, 0) is 0 Å². The van der Waals surface area contributed by atoms with Crippen LogP contribution >= 0.6 is 0 Å². The fraction of sp³-hybridized carbons (Fsp3) is 0.143. The van der Waals surface area contributed by atoms with Gasteiger partial charge in [0.2, 0.25) is 5.88 Å². The van der Waals surface area contributed by atoms with Gasteiger partial charge in [0.05, 0.1) is 6.61 Å². The van der Waals surface area contributed by atoms with Gasteiger partial charge in [0, 0.05) is 6.07 Å². The Balaban J connectivity index is 2.26. The first kappa shape index (κ1) is 12.9. The number of aromatic nitrogens is 1. The number of benzene rings is 1. The smallest absolute Gasteiger partial charge is 0.354 e. The molecule has 0 aliphatic carbocycles. The van der Waals surface area contributed by atoms with Gasteiger partial charge < -0.3 is 14.6 Å². The highest BCUT2D eigenvalue weighted by Gasteiger charge is 2.09. The number of pyridine rings is 1. The first-order valence-electron chi connectivity index (χ1n) is 5.80. The summed E-state index contributed by atoms with van der Waals surface area (Å²) >= 11 is 0. The predicted molar refractivity (Wildman–Crippen MR) is 68.9 cm³/mol. The topological polar surface area (TPSA) is 68.7 Å². The van der Waals surface area contributed by atoms with Crippen molar-refractivity contribution < 1.29 is 19.4 Å². The lowest BCUT2D eigenvalue weighted by atomic mass is 10.3. The fourth-order valence-corrected chi connectivity index (χ4v) is 1.51. The van der Waals surface area contributed by atoms with Crippen LogP contribution in [-0.4, -0.2) is 22.7 Å². The first-order chi connectivity index (χ1) is 9.20. The summed E-state index contributed by atoms with van der Waals surface area (Å²) in [7, 11) is 0. The average Bonchev–Trinajstić information content (AvgIpc) is 2.41.